The number of Topliss-reactive ketones (excluding diaryl/α,β-unsaturated/α-hetero) is 1. The van der Waals surface area contributed by atoms with Crippen molar-refractivity contribution >= 4 is 30.9 Å². The van der Waals surface area contributed by atoms with E-state index in [0.29, 0.717) is 12.8 Å². The van der Waals surface area contributed by atoms with Gasteiger partial charge in [0.05, 0.1) is 0 Å². The van der Waals surface area contributed by atoms with E-state index in [4.69, 9.17) is 0 Å². The zero-order valence-electron chi connectivity index (χ0n) is 24.3. The van der Waals surface area contributed by atoms with Gasteiger partial charge in [-0.3, -0.25) is 19.2 Å². The molecule has 220 valence electrons. The monoisotopic (exact) mass is 554 g/mol. The number of nitrogens with zero attached hydrogens (tertiary/aromatic N) is 1. The summed E-state index contributed by atoms with van der Waals surface area (Å²) in [6.07, 6.45) is 19.7. The number of carbonyl (C=O) groups excluding carboxylic acids is 4. The summed E-state index contributed by atoms with van der Waals surface area (Å²) in [5.41, 5.74) is -0.970. The Morgan fingerprint density at radius 2 is 1.26 bits per heavy atom. The van der Waals surface area contributed by atoms with Gasteiger partial charge < -0.3 is 15.1 Å². The first-order chi connectivity index (χ1) is 18.3. The van der Waals surface area contributed by atoms with Crippen LogP contribution >= 0.6 is 8.15 Å². The number of rotatable bonds is 25. The molecule has 0 bridgehead atoms. The third kappa shape index (κ3) is 18.2. The summed E-state index contributed by atoms with van der Waals surface area (Å²) >= 11 is 0. The lowest BCUT2D eigenvalue weighted by atomic mass is 10.0. The van der Waals surface area contributed by atoms with Gasteiger partial charge in [-0.15, -0.1) is 0 Å². The molecule has 1 aliphatic rings. The van der Waals surface area contributed by atoms with E-state index < -0.39 is 25.2 Å². The highest BCUT2D eigenvalue weighted by Crippen LogP contribution is 2.36. The standard InChI is InChI=1S/C30H55N2O5P/c1-3-4-5-6-7-8-9-10-11-12-13-14-15-19-28(34)24-27(31-26(2)33)25-30(36)38(37)29(35)20-18-23-32-21-16-17-22-32/h27,37H,3-25H2,1-2H3,(H,31,33). The van der Waals surface area contributed by atoms with Gasteiger partial charge in [0.2, 0.25) is 5.91 Å². The summed E-state index contributed by atoms with van der Waals surface area (Å²) in [5, 5.41) is 2.67. The number of ketones is 1. The van der Waals surface area contributed by atoms with E-state index >= 15 is 0 Å². The van der Waals surface area contributed by atoms with Gasteiger partial charge in [-0.05, 0) is 45.3 Å². The van der Waals surface area contributed by atoms with E-state index in [9.17, 15) is 24.1 Å². The molecule has 0 aromatic heterocycles. The third-order valence-electron chi connectivity index (χ3n) is 7.40. The number of nitrogens with one attached hydrogen (secondary N) is 1. The van der Waals surface area contributed by atoms with Crippen molar-refractivity contribution < 1.29 is 24.1 Å². The Labute approximate surface area is 233 Å². The molecule has 1 amide bonds. The number of hydrogen-bond acceptors (Lipinski definition) is 6. The van der Waals surface area contributed by atoms with Crippen molar-refractivity contribution in [2.45, 2.75) is 148 Å². The Morgan fingerprint density at radius 1 is 0.737 bits per heavy atom. The van der Waals surface area contributed by atoms with Gasteiger partial charge in [0, 0.05) is 38.6 Å². The third-order valence-corrected chi connectivity index (χ3v) is 8.75. The van der Waals surface area contributed by atoms with Crippen molar-refractivity contribution in [2.75, 3.05) is 19.6 Å². The molecular weight excluding hydrogens is 499 g/mol. The SMILES string of the molecule is CCCCCCCCCCCCCCCC(=O)CC(CC(=O)P(O)C(=O)CCCN1CCCC1)NC(C)=O. The quantitative estimate of drug-likeness (QED) is 0.0968. The van der Waals surface area contributed by atoms with Crippen LogP contribution in [-0.4, -0.2) is 58.2 Å². The lowest BCUT2D eigenvalue weighted by Gasteiger charge is -2.18. The molecule has 1 rings (SSSR count). The van der Waals surface area contributed by atoms with Gasteiger partial charge in [0.1, 0.15) is 5.78 Å². The molecule has 0 aromatic carbocycles. The van der Waals surface area contributed by atoms with E-state index in [0.717, 1.165) is 38.9 Å². The highest BCUT2D eigenvalue weighted by atomic mass is 31.1. The smallest absolute Gasteiger partial charge is 0.217 e. The molecule has 1 fully saturated rings. The fourth-order valence-corrected chi connectivity index (χ4v) is 6.22. The summed E-state index contributed by atoms with van der Waals surface area (Å²) in [7, 11) is -2.40. The molecule has 0 aromatic rings. The summed E-state index contributed by atoms with van der Waals surface area (Å²) < 4.78 is 0. The van der Waals surface area contributed by atoms with Crippen molar-refractivity contribution in [1.29, 1.82) is 0 Å². The molecule has 1 saturated heterocycles. The summed E-state index contributed by atoms with van der Waals surface area (Å²) in [5.74, 6) is -0.311. The van der Waals surface area contributed by atoms with Gasteiger partial charge in [-0.2, -0.15) is 0 Å². The summed E-state index contributed by atoms with van der Waals surface area (Å²) in [6, 6.07) is -0.663. The van der Waals surface area contributed by atoms with Crippen LogP contribution in [0.4, 0.5) is 0 Å². The van der Waals surface area contributed by atoms with Crippen molar-refractivity contribution in [2.24, 2.45) is 0 Å². The minimum absolute atomic E-state index is 0.0128. The second kappa shape index (κ2) is 22.6. The van der Waals surface area contributed by atoms with Crippen LogP contribution in [0.2, 0.25) is 0 Å². The first-order valence-electron chi connectivity index (χ1n) is 15.4. The van der Waals surface area contributed by atoms with E-state index in [2.05, 4.69) is 17.1 Å². The molecule has 0 spiro atoms. The molecule has 0 radical (unpaired) electrons. The second-order valence-electron chi connectivity index (χ2n) is 11.1. The predicted molar refractivity (Wildman–Crippen MR) is 156 cm³/mol. The fourth-order valence-electron chi connectivity index (χ4n) is 5.18. The minimum Gasteiger partial charge on any atom is -0.360 e. The van der Waals surface area contributed by atoms with Crippen molar-refractivity contribution in [3.8, 4) is 0 Å². The minimum atomic E-state index is -2.40. The Balaban J connectivity index is 2.18. The Morgan fingerprint density at radius 3 is 1.79 bits per heavy atom. The van der Waals surface area contributed by atoms with Crippen LogP contribution in [0.25, 0.3) is 0 Å². The Hall–Kier alpha value is -1.17. The zero-order chi connectivity index (χ0) is 28.0. The number of unbranched alkanes of at least 4 members (excludes halogenated alkanes) is 12. The first kappa shape index (κ1) is 34.9. The van der Waals surface area contributed by atoms with Gasteiger partial charge in [0.25, 0.3) is 0 Å². The van der Waals surface area contributed by atoms with Crippen LogP contribution in [0.5, 0.6) is 0 Å². The molecule has 2 atom stereocenters. The maximum absolute atomic E-state index is 12.5. The van der Waals surface area contributed by atoms with Crippen LogP contribution < -0.4 is 5.32 Å². The molecule has 2 unspecified atom stereocenters. The Bertz CT molecular complexity index is 682. The predicted octanol–water partition coefficient (Wildman–Crippen LogP) is 6.64. The molecule has 8 heteroatoms. The van der Waals surface area contributed by atoms with Crippen LogP contribution in [0.1, 0.15) is 142 Å². The first-order valence-corrected chi connectivity index (χ1v) is 16.7. The van der Waals surface area contributed by atoms with E-state index in [1.807, 2.05) is 0 Å². The maximum Gasteiger partial charge on any atom is 0.217 e. The molecule has 2 N–H and O–H groups in total. The van der Waals surface area contributed by atoms with Crippen molar-refractivity contribution in [3.63, 3.8) is 0 Å². The molecule has 0 aliphatic carbocycles. The van der Waals surface area contributed by atoms with Gasteiger partial charge in [-0.25, -0.2) is 0 Å². The molecule has 1 heterocycles. The zero-order valence-corrected chi connectivity index (χ0v) is 25.2. The number of likely N-dealkylation sites (tertiary alicyclic amines) is 1. The average molecular weight is 555 g/mol. The maximum atomic E-state index is 12.5. The van der Waals surface area contributed by atoms with Crippen LogP contribution in [0.15, 0.2) is 0 Å². The summed E-state index contributed by atoms with van der Waals surface area (Å²) in [6.45, 7) is 6.50. The molecular formula is C30H55N2O5P. The molecule has 38 heavy (non-hydrogen) atoms. The average Bonchev–Trinajstić information content (AvgIpc) is 3.39. The molecule has 1 aliphatic heterocycles. The summed E-state index contributed by atoms with van der Waals surface area (Å²) in [4.78, 5) is 61.6. The second-order valence-corrected chi connectivity index (χ2v) is 12.7. The molecule has 7 nitrogen and oxygen atoms in total. The Kier molecular flexibility index (Phi) is 20.8. The largest absolute Gasteiger partial charge is 0.360 e. The number of carbonyl (C=O) groups is 4. The topological polar surface area (TPSA) is 104 Å². The van der Waals surface area contributed by atoms with E-state index in [1.54, 1.807) is 0 Å². The van der Waals surface area contributed by atoms with Crippen LogP contribution in [0.3, 0.4) is 0 Å². The number of hydrogen-bond donors (Lipinski definition) is 2. The fraction of sp³-hybridized carbons (Fsp3) is 0.867. The van der Waals surface area contributed by atoms with Crippen molar-refractivity contribution in [3.05, 3.63) is 0 Å². The highest BCUT2D eigenvalue weighted by molar-refractivity contribution is 7.84. The lowest BCUT2D eigenvalue weighted by Crippen LogP contribution is -2.36. The van der Waals surface area contributed by atoms with Gasteiger partial charge in [-0.1, -0.05) is 84.0 Å². The van der Waals surface area contributed by atoms with E-state index in [1.165, 1.54) is 84.0 Å². The highest BCUT2D eigenvalue weighted by Gasteiger charge is 2.28. The van der Waals surface area contributed by atoms with Crippen LogP contribution in [-0.2, 0) is 19.2 Å². The van der Waals surface area contributed by atoms with Gasteiger partial charge in [0.15, 0.2) is 19.2 Å². The lowest BCUT2D eigenvalue weighted by molar-refractivity contribution is -0.122. The van der Waals surface area contributed by atoms with Gasteiger partial charge >= 0.3 is 0 Å². The number of amides is 1. The molecule has 0 saturated carbocycles. The van der Waals surface area contributed by atoms with Crippen molar-refractivity contribution in [1.82, 2.24) is 10.2 Å². The van der Waals surface area contributed by atoms with E-state index in [-0.39, 0.29) is 31.0 Å². The van der Waals surface area contributed by atoms with Crippen LogP contribution in [0, 0.1) is 0 Å². The normalized spacial score (nSPS) is 15.3.